The van der Waals surface area contributed by atoms with Gasteiger partial charge in [-0.05, 0) is 293 Å². The van der Waals surface area contributed by atoms with Crippen LogP contribution in [0.15, 0.2) is 120 Å². The number of nitrogens with zero attached hydrogens (tertiary/aromatic N) is 19. The van der Waals surface area contributed by atoms with Gasteiger partial charge in [0.15, 0.2) is 5.82 Å². The average molecular weight is 1850 g/mol. The molecule has 4 fully saturated rings. The molecule has 0 amide bonds. The number of alkyl halides is 2. The van der Waals surface area contributed by atoms with Gasteiger partial charge in [0.05, 0.1) is 118 Å². The van der Waals surface area contributed by atoms with Gasteiger partial charge in [-0.15, -0.1) is 0 Å². The Bertz CT molecular complexity index is 8030. The molecule has 0 unspecified atom stereocenters. The summed E-state index contributed by atoms with van der Waals surface area (Å²) in [6.45, 7) is 35.7. The van der Waals surface area contributed by atoms with Crippen molar-refractivity contribution in [2.45, 2.75) is 213 Å². The summed E-state index contributed by atoms with van der Waals surface area (Å²) in [5, 5.41) is 48.5. The third-order valence-corrected chi connectivity index (χ3v) is 28.2. The lowest BCUT2D eigenvalue weighted by Gasteiger charge is -2.22. The number of aryl methyl sites for hydroxylation is 22. The zero-order valence-electron chi connectivity index (χ0n) is 81.8. The molecule has 4 aliphatic rings. The molecule has 29 nitrogen and oxygen atoms in total. The third kappa shape index (κ3) is 15.7. The van der Waals surface area contributed by atoms with E-state index in [2.05, 4.69) is 211 Å². The van der Waals surface area contributed by atoms with Gasteiger partial charge in [0.25, 0.3) is 6.43 Å². The summed E-state index contributed by atoms with van der Waals surface area (Å²) in [5.74, 6) is 10.6. The molecule has 4 aliphatic carbocycles. The van der Waals surface area contributed by atoms with Crippen LogP contribution in [0.5, 0.6) is 0 Å². The highest BCUT2D eigenvalue weighted by molar-refractivity contribution is 6.07. The predicted octanol–water partition coefficient (Wildman–Crippen LogP) is 25.3. The topological polar surface area (TPSA) is 358 Å². The summed E-state index contributed by atoms with van der Waals surface area (Å²) in [7, 11) is 8.41. The highest BCUT2D eigenvalue weighted by Crippen LogP contribution is 2.51. The van der Waals surface area contributed by atoms with E-state index in [4.69, 9.17) is 42.6 Å². The normalized spacial score (nSPS) is 13.9. The number of aromatic amines is 5. The van der Waals surface area contributed by atoms with E-state index < -0.39 is 6.43 Å². The number of aromatic nitrogens is 24. The van der Waals surface area contributed by atoms with E-state index in [1.54, 1.807) is 6.07 Å². The smallest absolute Gasteiger partial charge is 0.295 e. The summed E-state index contributed by atoms with van der Waals surface area (Å²) in [6, 6.07) is 29.8. The van der Waals surface area contributed by atoms with Crippen LogP contribution in [0.3, 0.4) is 0 Å². The van der Waals surface area contributed by atoms with Crippen molar-refractivity contribution in [1.82, 2.24) is 120 Å². The Morgan fingerprint density at radius 2 is 0.725 bits per heavy atom. The van der Waals surface area contributed by atoms with E-state index in [9.17, 15) is 8.78 Å². The van der Waals surface area contributed by atoms with Crippen LogP contribution in [-0.4, -0.2) is 120 Å². The Morgan fingerprint density at radius 3 is 1.08 bits per heavy atom. The second kappa shape index (κ2) is 34.6. The van der Waals surface area contributed by atoms with E-state index >= 15 is 0 Å². The van der Waals surface area contributed by atoms with Gasteiger partial charge in [0.1, 0.15) is 52.1 Å². The number of pyridine rings is 1. The zero-order valence-corrected chi connectivity index (χ0v) is 81.8. The summed E-state index contributed by atoms with van der Waals surface area (Å²) in [6.07, 6.45) is 12.2. The van der Waals surface area contributed by atoms with Crippen molar-refractivity contribution in [1.29, 1.82) is 0 Å². The standard InChI is InChI=1S/C26H24N4O.3C21H23N5O.C18H17F2N5O/c1-14-7-10-21-19(6-5-11-27-21)23(14)20-12-18(24-15(2)29-31-16(24)3)13-22-25(20)30(4)26(28-22)17-8-9-17;1-11-10-22-26(5)19(11)16-8-15(18-12(2)24-27-13(18)3)9-17-20(16)25(4)21(23-17)14-6-7-14;1-10-18(11(2)24-23-10)16-8-15(19-12(3)25-27-13(19)4)9-17-20(16)26(5)21(22-17)14-6-7-14;1-10-18(11(2)25-24-10)16-8-15(19-12(3)26-27-13(19)4)9-17-20(16)23-21(22-17)14-6-5-7-14;1-7-14(8(2)24-23-7)12-5-11(15-9(3)25-26-10(15)4)6-13-16(12)22-18(21-13)17(19)20/h5-7,10-13,17H,8-9H2,1-4H3;8-10,14H,6-7H2,1-5H3;8-9,14H,6-7H2,1-5H3,(H,23,24);8-9,14H,5-7H2,1-4H3,(H,22,23)(H,24,25);5-6,17H,1-4H3,(H,21,22)(H,23,24). The molecule has 15 heterocycles. The molecule has 0 atom stereocenters. The predicted molar refractivity (Wildman–Crippen MR) is 530 cm³/mol. The minimum atomic E-state index is -2.68. The van der Waals surface area contributed by atoms with Crippen molar-refractivity contribution < 1.29 is 31.4 Å². The number of rotatable bonds is 15. The second-order valence-electron chi connectivity index (χ2n) is 38.1. The number of hydrogen-bond acceptors (Lipinski definition) is 20. The van der Waals surface area contributed by atoms with E-state index in [1.165, 1.54) is 109 Å². The quantitative estimate of drug-likeness (QED) is 0.0636. The van der Waals surface area contributed by atoms with Crippen LogP contribution in [0.25, 0.3) is 177 Å². The average Bonchev–Trinajstić information content (AvgIpc) is 1.56. The molecule has 6 aromatic carbocycles. The van der Waals surface area contributed by atoms with Crippen molar-refractivity contribution in [3.05, 3.63) is 229 Å². The Balaban J connectivity index is 0.000000103. The molecule has 0 bridgehead atoms. The third-order valence-electron chi connectivity index (χ3n) is 28.2. The minimum Gasteiger partial charge on any atom is -0.361 e. The molecular formula is C107H110F2N24O5. The van der Waals surface area contributed by atoms with Crippen molar-refractivity contribution in [2.75, 3.05) is 0 Å². The van der Waals surface area contributed by atoms with Crippen LogP contribution in [-0.2, 0) is 28.2 Å². The fraction of sp³-hybridized carbons (Fsp3) is 0.336. The molecule has 702 valence electrons. The van der Waals surface area contributed by atoms with E-state index in [-0.39, 0.29) is 5.82 Å². The van der Waals surface area contributed by atoms with Gasteiger partial charge in [-0.3, -0.25) is 25.0 Å². The van der Waals surface area contributed by atoms with E-state index in [0.717, 1.165) is 236 Å². The maximum absolute atomic E-state index is 13.2. The first-order chi connectivity index (χ1) is 66.3. The molecule has 21 aromatic rings. The van der Waals surface area contributed by atoms with Crippen molar-refractivity contribution in [2.24, 2.45) is 28.2 Å². The fourth-order valence-corrected chi connectivity index (χ4v) is 21.0. The number of fused-ring (bicyclic) bond motifs is 6. The number of nitrogens with one attached hydrogen (secondary N) is 5. The maximum atomic E-state index is 13.2. The van der Waals surface area contributed by atoms with E-state index in [1.807, 2.05) is 133 Å². The van der Waals surface area contributed by atoms with Crippen molar-refractivity contribution >= 4 is 66.1 Å². The number of H-pyrrole nitrogens is 5. The van der Waals surface area contributed by atoms with Crippen LogP contribution in [0.4, 0.5) is 8.78 Å². The lowest BCUT2D eigenvalue weighted by Crippen LogP contribution is -2.10. The number of imidazole rings is 5. The summed E-state index contributed by atoms with van der Waals surface area (Å²) >= 11 is 0. The number of hydrogen-bond donors (Lipinski definition) is 5. The van der Waals surface area contributed by atoms with Crippen LogP contribution >= 0.6 is 0 Å². The SMILES string of the molecule is Cc1ccc2ncccc2c1-c1cc(-c2c(C)noc2C)cc2nc(C3CC3)n(C)c12.Cc1cnn(C)c1-c1cc(-c2c(C)noc2C)cc2nc(C3CC3)n(C)c12.Cc1n[nH]c(C)c1-c1cc(-c2c(C)noc2C)cc2[nH]c(C(F)F)nc12.Cc1n[nH]c(C)c1-c1cc(-c2c(C)noc2C)cc2[nH]c(C3CCC3)nc12.Cc1n[nH]c(C)c1-c1cc(-c2c(C)noc2C)cc2nc(C3CC3)n(C)c12. The lowest BCUT2D eigenvalue weighted by molar-refractivity contribution is 0.142. The fourth-order valence-electron chi connectivity index (χ4n) is 21.0. The van der Waals surface area contributed by atoms with Crippen LogP contribution < -0.4 is 0 Å². The Kier molecular flexibility index (Phi) is 22.4. The van der Waals surface area contributed by atoms with Crippen molar-refractivity contribution in [3.63, 3.8) is 0 Å². The number of benzene rings is 6. The molecule has 0 radical (unpaired) electrons. The first-order valence-electron chi connectivity index (χ1n) is 47.2. The van der Waals surface area contributed by atoms with Gasteiger partial charge in [0, 0.05) is 153 Å². The second-order valence-corrected chi connectivity index (χ2v) is 38.1. The Labute approximate surface area is 793 Å². The monoisotopic (exact) mass is 1850 g/mol. The minimum absolute atomic E-state index is 0.351. The first-order valence-corrected chi connectivity index (χ1v) is 47.2. The molecule has 5 N–H and O–H groups in total. The van der Waals surface area contributed by atoms with Crippen molar-refractivity contribution in [3.8, 4) is 111 Å². The molecule has 0 aliphatic heterocycles. The zero-order chi connectivity index (χ0) is 96.3. The van der Waals surface area contributed by atoms with Gasteiger partial charge in [0.2, 0.25) is 0 Å². The lowest BCUT2D eigenvalue weighted by atomic mass is 9.85. The molecule has 31 heteroatoms. The summed E-state index contributed by atoms with van der Waals surface area (Å²) < 4.78 is 62.2. The largest absolute Gasteiger partial charge is 0.361 e. The van der Waals surface area contributed by atoms with Crippen LogP contribution in [0.1, 0.15) is 220 Å². The molecule has 138 heavy (non-hydrogen) atoms. The van der Waals surface area contributed by atoms with Gasteiger partial charge in [-0.25, -0.2) is 33.7 Å². The van der Waals surface area contributed by atoms with Gasteiger partial charge in [-0.2, -0.15) is 20.4 Å². The molecule has 15 aromatic heterocycles. The molecule has 0 saturated heterocycles. The van der Waals surface area contributed by atoms with Gasteiger partial charge in [-0.1, -0.05) is 44.3 Å². The summed E-state index contributed by atoms with van der Waals surface area (Å²) in [4.78, 5) is 35.2. The summed E-state index contributed by atoms with van der Waals surface area (Å²) in [5.41, 5.74) is 44.2. The van der Waals surface area contributed by atoms with Crippen LogP contribution in [0.2, 0.25) is 0 Å². The van der Waals surface area contributed by atoms with Crippen LogP contribution in [0, 0.1) is 125 Å². The number of halogens is 2. The molecular weight excluding hydrogens is 1740 g/mol. The van der Waals surface area contributed by atoms with E-state index in [0.29, 0.717) is 40.5 Å². The Hall–Kier alpha value is -15.2. The maximum Gasteiger partial charge on any atom is 0.295 e. The van der Waals surface area contributed by atoms with Gasteiger partial charge >= 0.3 is 0 Å². The molecule has 0 spiro atoms. The highest BCUT2D eigenvalue weighted by Gasteiger charge is 2.36. The molecule has 4 saturated carbocycles. The Morgan fingerprint density at radius 1 is 0.355 bits per heavy atom. The van der Waals surface area contributed by atoms with Gasteiger partial charge < -0.3 is 46.3 Å². The molecule has 25 rings (SSSR count). The highest BCUT2D eigenvalue weighted by atomic mass is 19.3. The first kappa shape index (κ1) is 89.4.